The number of nitrogens with zero attached hydrogens (tertiary/aromatic N) is 3. The number of benzene rings is 1. The van der Waals surface area contributed by atoms with Crippen molar-refractivity contribution in [1.82, 2.24) is 14.8 Å². The Kier molecular flexibility index (Phi) is 8.87. The highest BCUT2D eigenvalue weighted by molar-refractivity contribution is 6.76. The van der Waals surface area contributed by atoms with Crippen molar-refractivity contribution in [2.24, 2.45) is 0 Å². The molecule has 37 heavy (non-hydrogen) atoms. The van der Waals surface area contributed by atoms with Crippen LogP contribution in [0.1, 0.15) is 48.4 Å². The van der Waals surface area contributed by atoms with E-state index in [1.54, 1.807) is 18.3 Å². The summed E-state index contributed by atoms with van der Waals surface area (Å²) < 4.78 is 54.8. The zero-order valence-corrected chi connectivity index (χ0v) is 22.8. The first-order valence-corrected chi connectivity index (χ1v) is 16.6. The molecule has 4 rings (SSSR count). The van der Waals surface area contributed by atoms with Crippen molar-refractivity contribution in [3.63, 3.8) is 0 Å². The minimum Gasteiger partial charge on any atom is -0.372 e. The number of halogens is 3. The van der Waals surface area contributed by atoms with E-state index in [0.717, 1.165) is 37.9 Å². The van der Waals surface area contributed by atoms with Gasteiger partial charge in [-0.3, -0.25) is 4.98 Å². The number of hydrogen-bond donors (Lipinski definition) is 0. The fourth-order valence-electron chi connectivity index (χ4n) is 4.68. The maximum Gasteiger partial charge on any atom is 0.420 e. The van der Waals surface area contributed by atoms with Crippen LogP contribution in [-0.4, -0.2) is 35.5 Å². The zero-order valence-electron chi connectivity index (χ0n) is 21.8. The zero-order chi connectivity index (χ0) is 26.5. The Balaban J connectivity index is 1.43. The van der Waals surface area contributed by atoms with Crippen LogP contribution in [0.5, 0.6) is 0 Å². The molecule has 0 saturated heterocycles. The number of alkyl halides is 3. The molecule has 0 unspecified atom stereocenters. The van der Waals surface area contributed by atoms with E-state index in [4.69, 9.17) is 9.47 Å². The van der Waals surface area contributed by atoms with Crippen LogP contribution < -0.4 is 0 Å². The van der Waals surface area contributed by atoms with Crippen molar-refractivity contribution in [2.75, 3.05) is 6.61 Å². The van der Waals surface area contributed by atoms with E-state index in [9.17, 15) is 13.2 Å². The van der Waals surface area contributed by atoms with Gasteiger partial charge in [0.2, 0.25) is 0 Å². The Morgan fingerprint density at radius 1 is 1.00 bits per heavy atom. The number of rotatable bonds is 10. The van der Waals surface area contributed by atoms with Crippen LogP contribution in [0.3, 0.4) is 0 Å². The summed E-state index contributed by atoms with van der Waals surface area (Å²) in [6.07, 6.45) is 2.01. The van der Waals surface area contributed by atoms with Gasteiger partial charge in [-0.15, -0.1) is 0 Å². The molecule has 1 saturated carbocycles. The lowest BCUT2D eigenvalue weighted by atomic mass is 9.83. The first-order valence-electron chi connectivity index (χ1n) is 12.9. The van der Waals surface area contributed by atoms with Crippen LogP contribution in [0.2, 0.25) is 25.7 Å². The van der Waals surface area contributed by atoms with E-state index in [2.05, 4.69) is 54.0 Å². The predicted octanol–water partition coefficient (Wildman–Crippen LogP) is 7.52. The van der Waals surface area contributed by atoms with Crippen molar-refractivity contribution >= 4 is 8.07 Å². The topological polar surface area (TPSA) is 49.2 Å². The van der Waals surface area contributed by atoms with E-state index in [1.165, 1.54) is 10.2 Å². The van der Waals surface area contributed by atoms with Gasteiger partial charge in [-0.2, -0.15) is 18.3 Å². The second-order valence-electron chi connectivity index (χ2n) is 11.0. The average Bonchev–Trinajstić information content (AvgIpc) is 3.31. The Morgan fingerprint density at radius 3 is 2.41 bits per heavy atom. The Hall–Kier alpha value is -2.49. The monoisotopic (exact) mass is 531 g/mol. The van der Waals surface area contributed by atoms with Gasteiger partial charge in [0.1, 0.15) is 18.0 Å². The maximum absolute atomic E-state index is 13.9. The van der Waals surface area contributed by atoms with Crippen LogP contribution in [0.4, 0.5) is 13.2 Å². The summed E-state index contributed by atoms with van der Waals surface area (Å²) in [5.41, 5.74) is 1.23. The molecule has 0 spiro atoms. The van der Waals surface area contributed by atoms with Crippen LogP contribution in [0, 0.1) is 0 Å². The Labute approximate surface area is 218 Å². The normalized spacial score (nSPS) is 18.8. The summed E-state index contributed by atoms with van der Waals surface area (Å²) in [7, 11) is -1.29. The molecule has 0 radical (unpaired) electrons. The van der Waals surface area contributed by atoms with Gasteiger partial charge < -0.3 is 9.47 Å². The molecule has 1 aromatic carbocycles. The molecule has 3 aromatic rings. The summed E-state index contributed by atoms with van der Waals surface area (Å²) in [5, 5.41) is 4.27. The average molecular weight is 532 g/mol. The molecule has 2 aromatic heterocycles. The highest BCUT2D eigenvalue weighted by atomic mass is 28.3. The van der Waals surface area contributed by atoms with Gasteiger partial charge >= 0.3 is 6.18 Å². The molecule has 0 atom stereocenters. The summed E-state index contributed by atoms with van der Waals surface area (Å²) in [4.78, 5) is 4.37. The number of ether oxygens (including phenoxy) is 2. The van der Waals surface area contributed by atoms with Crippen molar-refractivity contribution in [2.45, 2.75) is 82.9 Å². The number of hydrogen-bond acceptors (Lipinski definition) is 4. The van der Waals surface area contributed by atoms with Crippen molar-refractivity contribution in [1.29, 1.82) is 0 Å². The molecule has 0 bridgehead atoms. The van der Waals surface area contributed by atoms with Gasteiger partial charge in [0, 0.05) is 32.6 Å². The molecule has 0 N–H and O–H groups in total. The molecular weight excluding hydrogens is 495 g/mol. The van der Waals surface area contributed by atoms with Gasteiger partial charge in [0.15, 0.2) is 0 Å². The molecule has 2 heterocycles. The van der Waals surface area contributed by atoms with Crippen LogP contribution >= 0.6 is 0 Å². The van der Waals surface area contributed by atoms with Gasteiger partial charge in [-0.25, -0.2) is 4.68 Å². The third-order valence-electron chi connectivity index (χ3n) is 6.83. The van der Waals surface area contributed by atoms with E-state index in [0.29, 0.717) is 23.8 Å². The molecule has 1 fully saturated rings. The highest BCUT2D eigenvalue weighted by Gasteiger charge is 2.37. The lowest BCUT2D eigenvalue weighted by molar-refractivity contribution is -0.137. The first-order chi connectivity index (χ1) is 17.6. The molecule has 1 aliphatic rings. The molecule has 200 valence electrons. The lowest BCUT2D eigenvalue weighted by Crippen LogP contribution is -2.22. The van der Waals surface area contributed by atoms with Gasteiger partial charge in [-0.1, -0.05) is 50.0 Å². The smallest absolute Gasteiger partial charge is 0.372 e. The second kappa shape index (κ2) is 11.9. The largest absolute Gasteiger partial charge is 0.420 e. The standard InChI is InChI=1S/C28H36F3N3O2Si/c1-37(2,3)17-16-35-20-34-18-25(28(29,30)31)27(33-34)24-10-7-15-32-26(24)19-36-23-13-11-22(12-14-23)21-8-5-4-6-9-21/h4-10,15,18,22-23H,11-14,16-17,19-20H2,1-3H3. The Morgan fingerprint density at radius 2 is 1.73 bits per heavy atom. The molecule has 5 nitrogen and oxygen atoms in total. The third-order valence-corrected chi connectivity index (χ3v) is 8.54. The minimum absolute atomic E-state index is 0.0235. The van der Waals surface area contributed by atoms with Crippen LogP contribution in [-0.2, 0) is 29.0 Å². The van der Waals surface area contributed by atoms with E-state index >= 15 is 0 Å². The van der Waals surface area contributed by atoms with Gasteiger partial charge in [0.25, 0.3) is 0 Å². The summed E-state index contributed by atoms with van der Waals surface area (Å²) in [5.74, 6) is 0.526. The quantitative estimate of drug-likeness (QED) is 0.201. The van der Waals surface area contributed by atoms with E-state index in [-0.39, 0.29) is 25.1 Å². The van der Waals surface area contributed by atoms with Gasteiger partial charge in [0.05, 0.1) is 18.4 Å². The fraction of sp³-hybridized carbons (Fsp3) is 0.500. The molecule has 9 heteroatoms. The van der Waals surface area contributed by atoms with Gasteiger partial charge in [-0.05, 0) is 55.3 Å². The summed E-state index contributed by atoms with van der Waals surface area (Å²) in [6.45, 7) is 7.31. The van der Waals surface area contributed by atoms with Crippen molar-refractivity contribution < 1.29 is 22.6 Å². The minimum atomic E-state index is -4.55. The third kappa shape index (κ3) is 7.75. The highest BCUT2D eigenvalue weighted by Crippen LogP contribution is 2.38. The molecule has 1 aliphatic carbocycles. The number of aromatic nitrogens is 3. The molecular formula is C28H36F3N3O2Si. The van der Waals surface area contributed by atoms with E-state index < -0.39 is 19.8 Å². The summed E-state index contributed by atoms with van der Waals surface area (Å²) >= 11 is 0. The first kappa shape index (κ1) is 27.5. The SMILES string of the molecule is C[Si](C)(C)CCOCn1cc(C(F)(F)F)c(-c2cccnc2COC2CCC(c3ccccc3)CC2)n1. The Bertz CT molecular complexity index is 1140. The number of pyridine rings is 1. The van der Waals surface area contributed by atoms with E-state index in [1.807, 2.05) is 6.07 Å². The lowest BCUT2D eigenvalue weighted by Gasteiger charge is -2.29. The second-order valence-corrected chi connectivity index (χ2v) is 16.6. The predicted molar refractivity (Wildman–Crippen MR) is 141 cm³/mol. The maximum atomic E-state index is 13.9. The van der Waals surface area contributed by atoms with Crippen LogP contribution in [0.25, 0.3) is 11.3 Å². The molecule has 0 aliphatic heterocycles. The summed E-state index contributed by atoms with van der Waals surface area (Å²) in [6, 6.07) is 14.7. The van der Waals surface area contributed by atoms with Crippen molar-refractivity contribution in [3.05, 3.63) is 71.7 Å². The fourth-order valence-corrected chi connectivity index (χ4v) is 5.44. The van der Waals surface area contributed by atoms with Crippen LogP contribution in [0.15, 0.2) is 54.9 Å². The van der Waals surface area contributed by atoms with Crippen molar-refractivity contribution in [3.8, 4) is 11.3 Å². The molecule has 0 amide bonds.